The van der Waals surface area contributed by atoms with E-state index < -0.39 is 0 Å². The summed E-state index contributed by atoms with van der Waals surface area (Å²) in [5.41, 5.74) is 2.18. The largest absolute Gasteiger partial charge is 0.495 e. The number of rotatable bonds is 7. The third-order valence-electron chi connectivity index (χ3n) is 2.83. The number of ether oxygens (including phenoxy) is 1. The van der Waals surface area contributed by atoms with E-state index in [0.717, 1.165) is 23.0 Å². The molecular weight excluding hydrogens is 268 g/mol. The maximum absolute atomic E-state index is 8.78. The van der Waals surface area contributed by atoms with Gasteiger partial charge in [-0.15, -0.1) is 0 Å². The summed E-state index contributed by atoms with van der Waals surface area (Å²) < 4.78 is 5.32. The van der Waals surface area contributed by atoms with Gasteiger partial charge in [-0.3, -0.25) is 0 Å². The molecule has 2 nitrogen and oxygen atoms in total. The molecule has 1 rings (SSSR count). The van der Waals surface area contributed by atoms with Crippen LogP contribution in [-0.4, -0.2) is 24.6 Å². The van der Waals surface area contributed by atoms with Crippen LogP contribution in [0.4, 0.5) is 0 Å². The maximum Gasteiger partial charge on any atom is 0.134 e. The lowest BCUT2D eigenvalue weighted by Gasteiger charge is -2.07. The number of methoxy groups -OCH3 is 1. The molecule has 1 aromatic carbocycles. The summed E-state index contributed by atoms with van der Waals surface area (Å²) in [5.74, 6) is 9.77. The summed E-state index contributed by atoms with van der Waals surface area (Å²) in [6.45, 7) is 4.60. The Labute approximate surface area is 126 Å². The standard InChI is InChI=1S/C17H24O2S/c1-14(2)9-11-20-13-15-7-8-17(19-3)16(12-15)6-4-5-10-18/h7-8,12,14,18H,5,9-11,13H2,1-3H3. The predicted octanol–water partition coefficient (Wildman–Crippen LogP) is 3.71. The molecule has 0 fully saturated rings. The van der Waals surface area contributed by atoms with Crippen molar-refractivity contribution >= 4 is 11.8 Å². The second kappa shape index (κ2) is 9.74. The van der Waals surface area contributed by atoms with E-state index in [1.165, 1.54) is 17.7 Å². The van der Waals surface area contributed by atoms with Crippen LogP contribution in [0.25, 0.3) is 0 Å². The van der Waals surface area contributed by atoms with Crippen molar-refractivity contribution in [3.05, 3.63) is 29.3 Å². The first-order valence-corrected chi connectivity index (χ1v) is 8.17. The van der Waals surface area contributed by atoms with Gasteiger partial charge in [-0.25, -0.2) is 0 Å². The minimum Gasteiger partial charge on any atom is -0.495 e. The number of benzene rings is 1. The molecule has 20 heavy (non-hydrogen) atoms. The molecule has 0 unspecified atom stereocenters. The van der Waals surface area contributed by atoms with Gasteiger partial charge in [0, 0.05) is 12.2 Å². The molecule has 0 aromatic heterocycles. The van der Waals surface area contributed by atoms with Crippen LogP contribution in [0.5, 0.6) is 5.75 Å². The Balaban J connectivity index is 2.65. The lowest BCUT2D eigenvalue weighted by Crippen LogP contribution is -1.93. The molecule has 0 bridgehead atoms. The zero-order chi connectivity index (χ0) is 14.8. The summed E-state index contributed by atoms with van der Waals surface area (Å²) >= 11 is 1.96. The number of hydrogen-bond donors (Lipinski definition) is 1. The zero-order valence-corrected chi connectivity index (χ0v) is 13.4. The van der Waals surface area contributed by atoms with Crippen molar-refractivity contribution in [2.45, 2.75) is 32.4 Å². The van der Waals surface area contributed by atoms with E-state index in [4.69, 9.17) is 9.84 Å². The predicted molar refractivity (Wildman–Crippen MR) is 87.2 cm³/mol. The fraction of sp³-hybridized carbons (Fsp3) is 0.529. The number of hydrogen-bond acceptors (Lipinski definition) is 3. The SMILES string of the molecule is COc1ccc(CSCCC(C)C)cc1C#CCCO. The molecule has 1 aromatic rings. The van der Waals surface area contributed by atoms with Crippen molar-refractivity contribution in [1.29, 1.82) is 0 Å². The average Bonchev–Trinajstić information content (AvgIpc) is 2.44. The maximum atomic E-state index is 8.78. The van der Waals surface area contributed by atoms with E-state index in [1.807, 2.05) is 17.8 Å². The summed E-state index contributed by atoms with van der Waals surface area (Å²) in [5, 5.41) is 8.78. The molecule has 0 aliphatic rings. The van der Waals surface area contributed by atoms with Gasteiger partial charge in [0.25, 0.3) is 0 Å². The summed E-state index contributed by atoms with van der Waals surface area (Å²) in [6, 6.07) is 6.16. The van der Waals surface area contributed by atoms with Crippen molar-refractivity contribution in [1.82, 2.24) is 0 Å². The van der Waals surface area contributed by atoms with Gasteiger partial charge in [0.2, 0.25) is 0 Å². The first-order valence-electron chi connectivity index (χ1n) is 7.01. The summed E-state index contributed by atoms with van der Waals surface area (Å²) in [6.07, 6.45) is 1.75. The van der Waals surface area contributed by atoms with Gasteiger partial charge in [0.15, 0.2) is 0 Å². The molecule has 0 amide bonds. The van der Waals surface area contributed by atoms with Crippen LogP contribution in [-0.2, 0) is 5.75 Å². The molecule has 1 N–H and O–H groups in total. The van der Waals surface area contributed by atoms with Crippen LogP contribution in [0.15, 0.2) is 18.2 Å². The molecule has 110 valence electrons. The highest BCUT2D eigenvalue weighted by atomic mass is 32.2. The van der Waals surface area contributed by atoms with E-state index >= 15 is 0 Å². The van der Waals surface area contributed by atoms with E-state index in [-0.39, 0.29) is 6.61 Å². The normalized spacial score (nSPS) is 10.2. The molecule has 0 heterocycles. The molecule has 0 saturated heterocycles. The van der Waals surface area contributed by atoms with Crippen molar-refractivity contribution < 1.29 is 9.84 Å². The van der Waals surface area contributed by atoms with Crippen molar-refractivity contribution in [3.8, 4) is 17.6 Å². The molecule has 0 saturated carbocycles. The van der Waals surface area contributed by atoms with Crippen LogP contribution < -0.4 is 4.74 Å². The molecule has 0 aliphatic carbocycles. The van der Waals surface area contributed by atoms with E-state index in [2.05, 4.69) is 37.8 Å². The van der Waals surface area contributed by atoms with Gasteiger partial charge in [-0.1, -0.05) is 31.8 Å². The highest BCUT2D eigenvalue weighted by molar-refractivity contribution is 7.98. The molecular formula is C17H24O2S. The van der Waals surface area contributed by atoms with Crippen LogP contribution >= 0.6 is 11.8 Å². The first kappa shape index (κ1) is 16.9. The van der Waals surface area contributed by atoms with Gasteiger partial charge in [0.05, 0.1) is 19.3 Å². The van der Waals surface area contributed by atoms with Crippen LogP contribution in [0.1, 0.15) is 37.8 Å². The topological polar surface area (TPSA) is 29.5 Å². The number of aliphatic hydroxyl groups is 1. The number of thioether (sulfide) groups is 1. The third kappa shape index (κ3) is 6.36. The lowest BCUT2D eigenvalue weighted by atomic mass is 10.1. The van der Waals surface area contributed by atoms with Crippen molar-refractivity contribution in [2.24, 2.45) is 5.92 Å². The molecule has 3 heteroatoms. The Morgan fingerprint density at radius 1 is 1.35 bits per heavy atom. The zero-order valence-electron chi connectivity index (χ0n) is 12.6. The Bertz CT molecular complexity index is 458. The van der Waals surface area contributed by atoms with E-state index in [1.54, 1.807) is 7.11 Å². The summed E-state index contributed by atoms with van der Waals surface area (Å²) in [4.78, 5) is 0. The second-order valence-corrected chi connectivity index (χ2v) is 6.15. The molecule has 0 radical (unpaired) electrons. The molecule has 0 atom stereocenters. The molecule has 0 spiro atoms. The van der Waals surface area contributed by atoms with E-state index in [9.17, 15) is 0 Å². The van der Waals surface area contributed by atoms with Crippen molar-refractivity contribution in [3.63, 3.8) is 0 Å². The Hall–Kier alpha value is -1.11. The van der Waals surface area contributed by atoms with Crippen LogP contribution in [0.3, 0.4) is 0 Å². The molecule has 0 aliphatic heterocycles. The smallest absolute Gasteiger partial charge is 0.134 e. The third-order valence-corrected chi connectivity index (χ3v) is 3.89. The van der Waals surface area contributed by atoms with Gasteiger partial charge >= 0.3 is 0 Å². The fourth-order valence-corrected chi connectivity index (χ4v) is 2.86. The Kier molecular flexibility index (Phi) is 8.25. The summed E-state index contributed by atoms with van der Waals surface area (Å²) in [7, 11) is 1.66. The number of aliphatic hydroxyl groups excluding tert-OH is 1. The fourth-order valence-electron chi connectivity index (χ4n) is 1.67. The monoisotopic (exact) mass is 292 g/mol. The minimum atomic E-state index is 0.0973. The Morgan fingerprint density at radius 2 is 2.15 bits per heavy atom. The van der Waals surface area contributed by atoms with Gasteiger partial charge < -0.3 is 9.84 Å². The van der Waals surface area contributed by atoms with Crippen LogP contribution in [0.2, 0.25) is 0 Å². The second-order valence-electron chi connectivity index (χ2n) is 5.05. The average molecular weight is 292 g/mol. The highest BCUT2D eigenvalue weighted by Gasteiger charge is 2.03. The minimum absolute atomic E-state index is 0.0973. The van der Waals surface area contributed by atoms with E-state index in [0.29, 0.717) is 6.42 Å². The first-order chi connectivity index (χ1) is 9.67. The van der Waals surface area contributed by atoms with Gasteiger partial charge in [-0.2, -0.15) is 11.8 Å². The van der Waals surface area contributed by atoms with Gasteiger partial charge in [-0.05, 0) is 35.8 Å². The van der Waals surface area contributed by atoms with Crippen molar-refractivity contribution in [2.75, 3.05) is 19.5 Å². The quantitative estimate of drug-likeness (QED) is 0.613. The Morgan fingerprint density at radius 3 is 2.80 bits per heavy atom. The van der Waals surface area contributed by atoms with Crippen LogP contribution in [0, 0.1) is 17.8 Å². The van der Waals surface area contributed by atoms with Gasteiger partial charge in [0.1, 0.15) is 5.75 Å². The highest BCUT2D eigenvalue weighted by Crippen LogP contribution is 2.22. The lowest BCUT2D eigenvalue weighted by molar-refractivity contribution is 0.305.